The van der Waals surface area contributed by atoms with Crippen molar-refractivity contribution in [2.45, 2.75) is 75.8 Å². The molecule has 1 saturated heterocycles. The number of nitrogens with zero attached hydrogens (tertiary/aromatic N) is 2. The third-order valence-corrected chi connectivity index (χ3v) is 8.64. The summed E-state index contributed by atoms with van der Waals surface area (Å²) in [6.45, 7) is 2.02. The van der Waals surface area contributed by atoms with Gasteiger partial charge in [0.05, 0.1) is 23.1 Å². The summed E-state index contributed by atoms with van der Waals surface area (Å²) in [5.41, 5.74) is 1.93. The van der Waals surface area contributed by atoms with Gasteiger partial charge in [0.1, 0.15) is 5.54 Å². The molecule has 6 nitrogen and oxygen atoms in total. The number of nitrogens with one attached hydrogen (secondary N) is 1. The number of aromatic nitrogens is 1. The number of likely N-dealkylation sites (tertiary alicyclic amines) is 1. The highest BCUT2D eigenvalue weighted by Crippen LogP contribution is 2.42. The summed E-state index contributed by atoms with van der Waals surface area (Å²) in [6.07, 6.45) is -1.69. The van der Waals surface area contributed by atoms with Gasteiger partial charge in [-0.1, -0.05) is 19.3 Å². The van der Waals surface area contributed by atoms with Crippen LogP contribution in [0.15, 0.2) is 36.7 Å². The molecular weight excluding hydrogens is 550 g/mol. The van der Waals surface area contributed by atoms with Crippen LogP contribution in [0.3, 0.4) is 0 Å². The van der Waals surface area contributed by atoms with Crippen molar-refractivity contribution < 1.29 is 35.9 Å². The lowest BCUT2D eigenvalue weighted by Gasteiger charge is -2.43. The molecule has 0 radical (unpaired) electrons. The molecule has 1 aromatic carbocycles. The van der Waals surface area contributed by atoms with Gasteiger partial charge in [-0.3, -0.25) is 14.6 Å². The van der Waals surface area contributed by atoms with Crippen molar-refractivity contribution in [3.63, 3.8) is 0 Å². The number of alkyl halides is 6. The van der Waals surface area contributed by atoms with Crippen LogP contribution in [0, 0.1) is 11.8 Å². The average Bonchev–Trinajstić information content (AvgIpc) is 3.42. The molecule has 3 N–H and O–H groups in total. The second kappa shape index (κ2) is 11.6. The fourth-order valence-electron chi connectivity index (χ4n) is 6.29. The lowest BCUT2D eigenvalue weighted by Crippen LogP contribution is -2.63. The Labute approximate surface area is 234 Å². The van der Waals surface area contributed by atoms with E-state index in [2.05, 4.69) is 10.3 Å². The van der Waals surface area contributed by atoms with Gasteiger partial charge in [0.25, 0.3) is 0 Å². The normalized spacial score (nSPS) is 21.0. The first-order chi connectivity index (χ1) is 19.2. The first-order valence-electron chi connectivity index (χ1n) is 13.7. The van der Waals surface area contributed by atoms with E-state index in [4.69, 9.17) is 5.73 Å². The van der Waals surface area contributed by atoms with E-state index in [1.54, 1.807) is 18.9 Å². The third kappa shape index (κ3) is 6.37. The van der Waals surface area contributed by atoms with E-state index in [9.17, 15) is 35.9 Å². The van der Waals surface area contributed by atoms with Crippen molar-refractivity contribution in [1.82, 2.24) is 15.2 Å². The van der Waals surface area contributed by atoms with Gasteiger partial charge < -0.3 is 16.0 Å². The van der Waals surface area contributed by atoms with Gasteiger partial charge in [-0.15, -0.1) is 0 Å². The predicted octanol–water partition coefficient (Wildman–Crippen LogP) is 6.11. The summed E-state index contributed by atoms with van der Waals surface area (Å²) in [5.74, 6) is -1.70. The molecule has 2 aliphatic rings. The molecule has 41 heavy (non-hydrogen) atoms. The first kappa shape index (κ1) is 30.8. The second-order valence-corrected chi connectivity index (χ2v) is 11.2. The monoisotopic (exact) mass is 584 g/mol. The summed E-state index contributed by atoms with van der Waals surface area (Å²) in [6, 6.07) is 2.39. The molecular formula is C29H34F6N4O2. The number of primary amides is 1. The van der Waals surface area contributed by atoms with Gasteiger partial charge in [-0.05, 0) is 81.0 Å². The molecule has 1 aromatic heterocycles. The van der Waals surface area contributed by atoms with E-state index < -0.39 is 46.9 Å². The van der Waals surface area contributed by atoms with Crippen molar-refractivity contribution in [3.8, 4) is 11.1 Å². The van der Waals surface area contributed by atoms with Crippen molar-refractivity contribution in [2.24, 2.45) is 17.6 Å². The molecule has 224 valence electrons. The maximum Gasteiger partial charge on any atom is 0.416 e. The fourth-order valence-corrected chi connectivity index (χ4v) is 6.29. The maximum atomic E-state index is 14.2. The van der Waals surface area contributed by atoms with Crippen LogP contribution in [-0.2, 0) is 21.9 Å². The SMILES string of the molecule is CNC(C)(C(N)=O)[C@@H](C(=O)N1CCC[C@H]1c1cncc(-c2cc(C(F)(F)F)cc(C(F)(F)F)c2)c1)C1CCCCC1. The van der Waals surface area contributed by atoms with Crippen LogP contribution in [0.2, 0.25) is 0 Å². The first-order valence-corrected chi connectivity index (χ1v) is 13.7. The summed E-state index contributed by atoms with van der Waals surface area (Å²) in [4.78, 5) is 32.6. The minimum Gasteiger partial charge on any atom is -0.368 e. The van der Waals surface area contributed by atoms with E-state index >= 15 is 0 Å². The highest BCUT2D eigenvalue weighted by molar-refractivity contribution is 5.93. The van der Waals surface area contributed by atoms with Gasteiger partial charge >= 0.3 is 12.4 Å². The van der Waals surface area contributed by atoms with E-state index in [0.717, 1.165) is 32.1 Å². The van der Waals surface area contributed by atoms with Crippen molar-refractivity contribution in [1.29, 1.82) is 0 Å². The Hall–Kier alpha value is -3.15. The highest BCUT2D eigenvalue weighted by Gasteiger charge is 2.50. The average molecular weight is 585 g/mol. The topological polar surface area (TPSA) is 88.3 Å². The zero-order valence-electron chi connectivity index (χ0n) is 22.9. The van der Waals surface area contributed by atoms with Crippen molar-refractivity contribution in [3.05, 3.63) is 53.3 Å². The van der Waals surface area contributed by atoms with Crippen LogP contribution in [0.5, 0.6) is 0 Å². The molecule has 2 heterocycles. The number of halogens is 6. The number of rotatable bonds is 7. The van der Waals surface area contributed by atoms with Crippen LogP contribution in [0.1, 0.15) is 74.6 Å². The molecule has 0 bridgehead atoms. The number of benzene rings is 1. The molecule has 2 amide bonds. The number of pyridine rings is 1. The number of amides is 2. The number of nitrogens with two attached hydrogens (primary N) is 1. The molecule has 1 aliphatic carbocycles. The number of hydrogen-bond acceptors (Lipinski definition) is 4. The van der Waals surface area contributed by atoms with E-state index in [1.807, 2.05) is 0 Å². The van der Waals surface area contributed by atoms with Gasteiger partial charge in [0.2, 0.25) is 11.8 Å². The Morgan fingerprint density at radius 1 is 0.902 bits per heavy atom. The Morgan fingerprint density at radius 2 is 1.51 bits per heavy atom. The zero-order valence-corrected chi connectivity index (χ0v) is 22.9. The van der Waals surface area contributed by atoms with Crippen molar-refractivity contribution in [2.75, 3.05) is 13.6 Å². The highest BCUT2D eigenvalue weighted by atomic mass is 19.4. The molecule has 4 rings (SSSR count). The van der Waals surface area contributed by atoms with Crippen LogP contribution in [-0.4, -0.2) is 40.8 Å². The standard InChI is InChI=1S/C29H34F6N4O2/c1-27(37-2,26(36)41)24(17-7-4-3-5-8-17)25(40)39-10-6-9-23(39)20-11-19(15-38-16-20)18-12-21(28(30,31)32)14-22(13-18)29(33,34)35/h11-17,23-24,37H,3-10H2,1-2H3,(H2,36,41)/t23-,24+,27?/m0/s1. The zero-order chi connectivity index (χ0) is 30.2. The van der Waals surface area contributed by atoms with Crippen LogP contribution < -0.4 is 11.1 Å². The van der Waals surface area contributed by atoms with Crippen LogP contribution in [0.4, 0.5) is 26.3 Å². The van der Waals surface area contributed by atoms with E-state index in [0.29, 0.717) is 37.1 Å². The molecule has 2 fully saturated rings. The Kier molecular flexibility index (Phi) is 8.73. The lowest BCUT2D eigenvalue weighted by molar-refractivity contribution is -0.147. The molecule has 1 saturated carbocycles. The molecule has 3 atom stereocenters. The summed E-state index contributed by atoms with van der Waals surface area (Å²) in [5, 5.41) is 2.98. The smallest absolute Gasteiger partial charge is 0.368 e. The number of hydrogen-bond donors (Lipinski definition) is 2. The summed E-state index contributed by atoms with van der Waals surface area (Å²) in [7, 11) is 1.59. The van der Waals surface area contributed by atoms with Gasteiger partial charge in [0, 0.05) is 24.5 Å². The molecule has 1 unspecified atom stereocenters. The van der Waals surface area contributed by atoms with Crippen LogP contribution in [0.25, 0.3) is 11.1 Å². The van der Waals surface area contributed by atoms with Crippen LogP contribution >= 0.6 is 0 Å². The van der Waals surface area contributed by atoms with Gasteiger partial charge in [-0.25, -0.2) is 0 Å². The minimum atomic E-state index is -4.98. The molecule has 1 aliphatic heterocycles. The van der Waals surface area contributed by atoms with E-state index in [1.165, 1.54) is 18.5 Å². The number of likely N-dealkylation sites (N-methyl/N-ethyl adjacent to an activating group) is 1. The van der Waals surface area contributed by atoms with E-state index in [-0.39, 0.29) is 29.0 Å². The molecule has 12 heteroatoms. The number of carbonyl (C=O) groups is 2. The largest absolute Gasteiger partial charge is 0.416 e. The Balaban J connectivity index is 1.72. The maximum absolute atomic E-state index is 14.2. The third-order valence-electron chi connectivity index (χ3n) is 8.64. The lowest BCUT2D eigenvalue weighted by atomic mass is 9.69. The second-order valence-electron chi connectivity index (χ2n) is 11.2. The Bertz CT molecular complexity index is 1240. The summed E-state index contributed by atoms with van der Waals surface area (Å²) < 4.78 is 80.8. The minimum absolute atomic E-state index is 0.0689. The molecule has 0 spiro atoms. The molecule has 2 aromatic rings. The fraction of sp³-hybridized carbons (Fsp3) is 0.552. The quantitative estimate of drug-likeness (QED) is 0.385. The predicted molar refractivity (Wildman–Crippen MR) is 140 cm³/mol. The van der Waals surface area contributed by atoms with Gasteiger partial charge in [0.15, 0.2) is 0 Å². The van der Waals surface area contributed by atoms with Gasteiger partial charge in [-0.2, -0.15) is 26.3 Å². The number of carbonyl (C=O) groups excluding carboxylic acids is 2. The summed E-state index contributed by atoms with van der Waals surface area (Å²) >= 11 is 0. The van der Waals surface area contributed by atoms with Crippen molar-refractivity contribution >= 4 is 11.8 Å². The Morgan fingerprint density at radius 3 is 2.05 bits per heavy atom.